The Labute approximate surface area is 195 Å². The van der Waals surface area contributed by atoms with E-state index >= 15 is 0 Å². The smallest absolute Gasteiger partial charge is 0.342 e. The third kappa shape index (κ3) is 4.75. The number of benzene rings is 2. The summed E-state index contributed by atoms with van der Waals surface area (Å²) in [4.78, 5) is 29.8. The first kappa shape index (κ1) is 22.5. The van der Waals surface area contributed by atoms with Crippen LogP contribution in [0.5, 0.6) is 5.75 Å². The maximum absolute atomic E-state index is 12.7. The van der Waals surface area contributed by atoms with Crippen LogP contribution in [-0.4, -0.2) is 30.6 Å². The number of methoxy groups -OCH3 is 1. The Kier molecular flexibility index (Phi) is 6.46. The third-order valence-electron chi connectivity index (χ3n) is 5.13. The Bertz CT molecular complexity index is 1290. The summed E-state index contributed by atoms with van der Waals surface area (Å²) in [6.45, 7) is 5.61. The van der Waals surface area contributed by atoms with Gasteiger partial charge in [0.2, 0.25) is 5.88 Å². The molecule has 0 bridgehead atoms. The fourth-order valence-electron chi connectivity index (χ4n) is 3.44. The highest BCUT2D eigenvalue weighted by molar-refractivity contribution is 7.21. The molecule has 1 N–H and O–H groups in total. The highest BCUT2D eigenvalue weighted by atomic mass is 32.1. The first-order valence-corrected chi connectivity index (χ1v) is 11.3. The number of para-hydroxylation sites is 1. The molecule has 7 nitrogen and oxygen atoms in total. The van der Waals surface area contributed by atoms with Gasteiger partial charge in [0.05, 0.1) is 22.9 Å². The number of thiazole rings is 1. The molecule has 0 aliphatic heterocycles. The van der Waals surface area contributed by atoms with Crippen molar-refractivity contribution in [3.8, 4) is 16.3 Å². The minimum Gasteiger partial charge on any atom is -0.484 e. The lowest BCUT2D eigenvalue weighted by molar-refractivity contribution is -0.118. The number of carbonyl (C=O) groups is 2. The van der Waals surface area contributed by atoms with E-state index in [9.17, 15) is 9.59 Å². The molecule has 0 fully saturated rings. The number of aryl methyl sites for hydroxylation is 1. The summed E-state index contributed by atoms with van der Waals surface area (Å²) in [5.41, 5.74) is 2.54. The summed E-state index contributed by atoms with van der Waals surface area (Å²) in [5.74, 6) is 0.439. The van der Waals surface area contributed by atoms with Crippen molar-refractivity contribution in [2.75, 3.05) is 19.0 Å². The monoisotopic (exact) mass is 464 g/mol. The number of furan rings is 1. The fourth-order valence-corrected chi connectivity index (χ4v) is 4.45. The molecule has 4 rings (SSSR count). The van der Waals surface area contributed by atoms with E-state index in [1.165, 1.54) is 18.4 Å². The summed E-state index contributed by atoms with van der Waals surface area (Å²) in [6, 6.07) is 15.3. The topological polar surface area (TPSA) is 90.7 Å². The standard InChI is InChI=1S/C25H24N2O5S/c1-14(2)16-8-7-9-17(12-16)31-13-20(28)27-23-22(21(15(3)32-23)25(29)30-4)24-26-18-10-5-6-11-19(18)33-24/h5-12,14H,13H2,1-4H3,(H,27,28). The maximum Gasteiger partial charge on any atom is 0.342 e. The average molecular weight is 465 g/mol. The molecular weight excluding hydrogens is 440 g/mol. The Morgan fingerprint density at radius 3 is 2.67 bits per heavy atom. The predicted octanol–water partition coefficient (Wildman–Crippen LogP) is 5.79. The van der Waals surface area contributed by atoms with Crippen molar-refractivity contribution in [3.63, 3.8) is 0 Å². The first-order valence-electron chi connectivity index (χ1n) is 10.5. The molecule has 1 amide bonds. The number of nitrogens with zero attached hydrogens (tertiary/aromatic N) is 1. The molecule has 0 radical (unpaired) electrons. The number of hydrogen-bond acceptors (Lipinski definition) is 7. The lowest BCUT2D eigenvalue weighted by Crippen LogP contribution is -2.20. The zero-order valence-electron chi connectivity index (χ0n) is 18.8. The van der Waals surface area contributed by atoms with Crippen LogP contribution in [0.25, 0.3) is 20.8 Å². The zero-order chi connectivity index (χ0) is 23.5. The van der Waals surface area contributed by atoms with Gasteiger partial charge in [0.25, 0.3) is 5.91 Å². The van der Waals surface area contributed by atoms with Gasteiger partial charge in [-0.1, -0.05) is 38.1 Å². The van der Waals surface area contributed by atoms with Gasteiger partial charge in [-0.2, -0.15) is 0 Å². The summed E-state index contributed by atoms with van der Waals surface area (Å²) in [7, 11) is 1.30. The molecule has 0 aliphatic rings. The number of carbonyl (C=O) groups excluding carboxylic acids is 2. The number of anilines is 1. The molecule has 0 spiro atoms. The van der Waals surface area contributed by atoms with Gasteiger partial charge in [-0.25, -0.2) is 9.78 Å². The van der Waals surface area contributed by atoms with E-state index in [1.54, 1.807) is 13.0 Å². The van der Waals surface area contributed by atoms with Gasteiger partial charge in [-0.3, -0.25) is 10.1 Å². The van der Waals surface area contributed by atoms with Crippen molar-refractivity contribution in [2.45, 2.75) is 26.7 Å². The van der Waals surface area contributed by atoms with Gasteiger partial charge in [-0.05, 0) is 42.7 Å². The molecule has 4 aromatic rings. The number of rotatable bonds is 7. The lowest BCUT2D eigenvalue weighted by atomic mass is 10.0. The van der Waals surface area contributed by atoms with Crippen LogP contribution in [0.3, 0.4) is 0 Å². The molecule has 170 valence electrons. The average Bonchev–Trinajstić information content (AvgIpc) is 3.37. The molecule has 0 saturated heterocycles. The normalized spacial score (nSPS) is 11.1. The van der Waals surface area contributed by atoms with Gasteiger partial charge in [-0.15, -0.1) is 11.3 Å². The Hall–Kier alpha value is -3.65. The largest absolute Gasteiger partial charge is 0.484 e. The second-order valence-corrected chi connectivity index (χ2v) is 8.81. The molecule has 0 aliphatic carbocycles. The Morgan fingerprint density at radius 1 is 1.15 bits per heavy atom. The second kappa shape index (κ2) is 9.46. The number of nitrogens with one attached hydrogen (secondary N) is 1. The molecule has 2 aromatic heterocycles. The van der Waals surface area contributed by atoms with Crippen LogP contribution >= 0.6 is 11.3 Å². The minimum atomic E-state index is -0.562. The highest BCUT2D eigenvalue weighted by Gasteiger charge is 2.28. The van der Waals surface area contributed by atoms with Crippen LogP contribution in [0.1, 0.15) is 41.4 Å². The number of amides is 1. The lowest BCUT2D eigenvalue weighted by Gasteiger charge is -2.10. The zero-order valence-corrected chi connectivity index (χ0v) is 19.6. The van der Waals surface area contributed by atoms with Crippen LogP contribution in [0.2, 0.25) is 0 Å². The molecule has 8 heteroatoms. The van der Waals surface area contributed by atoms with Crippen molar-refractivity contribution in [3.05, 3.63) is 65.4 Å². The number of hydrogen-bond donors (Lipinski definition) is 1. The van der Waals surface area contributed by atoms with Gasteiger partial charge in [0.15, 0.2) is 6.61 Å². The van der Waals surface area contributed by atoms with Crippen molar-refractivity contribution in [1.29, 1.82) is 0 Å². The number of esters is 1. The van der Waals surface area contributed by atoms with E-state index in [2.05, 4.69) is 24.1 Å². The predicted molar refractivity (Wildman–Crippen MR) is 128 cm³/mol. The first-order chi connectivity index (χ1) is 15.9. The van der Waals surface area contributed by atoms with Crippen molar-refractivity contribution >= 4 is 39.3 Å². The summed E-state index contributed by atoms with van der Waals surface area (Å²) in [5, 5.41) is 3.28. The van der Waals surface area contributed by atoms with Crippen LogP contribution in [0.15, 0.2) is 52.9 Å². The van der Waals surface area contributed by atoms with Gasteiger partial charge in [0.1, 0.15) is 22.1 Å². The Morgan fingerprint density at radius 2 is 1.94 bits per heavy atom. The molecular formula is C25H24N2O5S. The van der Waals surface area contributed by atoms with Crippen molar-refractivity contribution in [1.82, 2.24) is 4.98 Å². The number of fused-ring (bicyclic) bond motifs is 1. The van der Waals surface area contributed by atoms with Crippen molar-refractivity contribution < 1.29 is 23.5 Å². The highest BCUT2D eigenvalue weighted by Crippen LogP contribution is 2.40. The van der Waals surface area contributed by atoms with E-state index in [0.29, 0.717) is 28.0 Å². The second-order valence-electron chi connectivity index (χ2n) is 7.78. The van der Waals surface area contributed by atoms with Crippen LogP contribution < -0.4 is 10.1 Å². The molecule has 0 unspecified atom stereocenters. The van der Waals surface area contributed by atoms with Gasteiger partial charge in [0, 0.05) is 0 Å². The van der Waals surface area contributed by atoms with Gasteiger partial charge >= 0.3 is 5.97 Å². The maximum atomic E-state index is 12.7. The van der Waals surface area contributed by atoms with E-state index < -0.39 is 11.9 Å². The number of aromatic nitrogens is 1. The SMILES string of the molecule is COC(=O)c1c(C)oc(NC(=O)COc2cccc(C(C)C)c2)c1-c1nc2ccccc2s1. The summed E-state index contributed by atoms with van der Waals surface area (Å²) < 4.78 is 17.3. The summed E-state index contributed by atoms with van der Waals surface area (Å²) in [6.07, 6.45) is 0. The van der Waals surface area contributed by atoms with Crippen molar-refractivity contribution in [2.24, 2.45) is 0 Å². The number of ether oxygens (including phenoxy) is 2. The summed E-state index contributed by atoms with van der Waals surface area (Å²) >= 11 is 1.40. The van der Waals surface area contributed by atoms with Gasteiger partial charge < -0.3 is 13.9 Å². The quantitative estimate of drug-likeness (QED) is 0.348. The third-order valence-corrected chi connectivity index (χ3v) is 6.18. The van der Waals surface area contributed by atoms with E-state index in [0.717, 1.165) is 15.8 Å². The fraction of sp³-hybridized carbons (Fsp3) is 0.240. The molecule has 0 atom stereocenters. The van der Waals surface area contributed by atoms with Crippen LogP contribution in [-0.2, 0) is 9.53 Å². The van der Waals surface area contributed by atoms with E-state index in [4.69, 9.17) is 13.9 Å². The minimum absolute atomic E-state index is 0.136. The van der Waals surface area contributed by atoms with E-state index in [1.807, 2.05) is 42.5 Å². The Balaban J connectivity index is 1.61. The molecule has 2 heterocycles. The molecule has 0 saturated carbocycles. The molecule has 2 aromatic carbocycles. The van der Waals surface area contributed by atoms with Crippen LogP contribution in [0.4, 0.5) is 5.88 Å². The molecule has 33 heavy (non-hydrogen) atoms. The van der Waals surface area contributed by atoms with E-state index in [-0.39, 0.29) is 18.1 Å². The van der Waals surface area contributed by atoms with Crippen LogP contribution in [0, 0.1) is 6.92 Å².